The molecule has 0 aromatic heterocycles. The Kier molecular flexibility index (Phi) is 2.46. The van der Waals surface area contributed by atoms with Gasteiger partial charge in [0.1, 0.15) is 5.57 Å². The standard InChI is InChI=1S/C5H3F5O2/c1-2(3(11)12)4(6,7)5(8,9)10/h1H2,(H,11,12). The Hall–Kier alpha value is -1.14. The molecule has 1 N–H and O–H groups in total. The number of halogens is 5. The van der Waals surface area contributed by atoms with E-state index in [0.717, 1.165) is 0 Å². The molecule has 0 heterocycles. The van der Waals surface area contributed by atoms with Crippen LogP contribution in [0.2, 0.25) is 0 Å². The number of carboxylic acids is 1. The summed E-state index contributed by atoms with van der Waals surface area (Å²) in [5.74, 6) is -7.75. The van der Waals surface area contributed by atoms with Gasteiger partial charge in [0.2, 0.25) is 0 Å². The fourth-order valence-electron chi connectivity index (χ4n) is 0.305. The monoisotopic (exact) mass is 190 g/mol. The minimum Gasteiger partial charge on any atom is -0.478 e. The molecular weight excluding hydrogens is 187 g/mol. The third-order valence-electron chi connectivity index (χ3n) is 0.993. The maximum absolute atomic E-state index is 12.0. The van der Waals surface area contributed by atoms with Gasteiger partial charge in [-0.1, -0.05) is 6.58 Å². The molecule has 0 spiro atoms. The average Bonchev–Trinajstić information content (AvgIpc) is 1.83. The minimum atomic E-state index is -5.91. The lowest BCUT2D eigenvalue weighted by molar-refractivity contribution is -0.264. The van der Waals surface area contributed by atoms with E-state index in [0.29, 0.717) is 0 Å². The number of hydrogen-bond acceptors (Lipinski definition) is 1. The number of carboxylic acid groups (broad SMARTS) is 1. The van der Waals surface area contributed by atoms with Crippen LogP contribution in [0.1, 0.15) is 0 Å². The fourth-order valence-corrected chi connectivity index (χ4v) is 0.305. The predicted octanol–water partition coefficient (Wildman–Crippen LogP) is 1.82. The molecule has 0 amide bonds. The molecular formula is C5H3F5O2. The van der Waals surface area contributed by atoms with Crippen molar-refractivity contribution in [3.8, 4) is 0 Å². The molecule has 0 bridgehead atoms. The second-order valence-electron chi connectivity index (χ2n) is 1.86. The largest absolute Gasteiger partial charge is 0.478 e. The molecule has 0 aliphatic heterocycles. The number of alkyl halides is 5. The summed E-state index contributed by atoms with van der Waals surface area (Å²) in [6, 6.07) is 0. The number of aliphatic carboxylic acids is 1. The summed E-state index contributed by atoms with van der Waals surface area (Å²) in [7, 11) is 0. The van der Waals surface area contributed by atoms with Crippen molar-refractivity contribution in [2.75, 3.05) is 0 Å². The van der Waals surface area contributed by atoms with Gasteiger partial charge < -0.3 is 5.11 Å². The molecule has 0 unspecified atom stereocenters. The van der Waals surface area contributed by atoms with Crippen LogP contribution in [-0.4, -0.2) is 23.2 Å². The van der Waals surface area contributed by atoms with E-state index in [1.165, 1.54) is 0 Å². The Balaban J connectivity index is 4.87. The van der Waals surface area contributed by atoms with E-state index in [1.54, 1.807) is 0 Å². The highest BCUT2D eigenvalue weighted by molar-refractivity contribution is 5.87. The fraction of sp³-hybridized carbons (Fsp3) is 0.400. The second kappa shape index (κ2) is 2.72. The maximum atomic E-state index is 12.0. The van der Waals surface area contributed by atoms with Crippen LogP contribution in [0.4, 0.5) is 22.0 Å². The van der Waals surface area contributed by atoms with E-state index in [4.69, 9.17) is 5.11 Å². The minimum absolute atomic E-state index is 2.12. The first-order valence-electron chi connectivity index (χ1n) is 2.48. The summed E-state index contributed by atoms with van der Waals surface area (Å²) >= 11 is 0. The van der Waals surface area contributed by atoms with E-state index in [2.05, 4.69) is 6.58 Å². The van der Waals surface area contributed by atoms with Gasteiger partial charge in [0, 0.05) is 0 Å². The molecule has 12 heavy (non-hydrogen) atoms. The normalized spacial score (nSPS) is 12.8. The zero-order valence-corrected chi connectivity index (χ0v) is 5.45. The molecule has 0 aliphatic carbocycles. The van der Waals surface area contributed by atoms with Crippen LogP contribution in [0.5, 0.6) is 0 Å². The SMILES string of the molecule is C=C(C(=O)O)C(F)(F)C(F)(F)F. The third kappa shape index (κ3) is 1.72. The van der Waals surface area contributed by atoms with E-state index in [-0.39, 0.29) is 0 Å². The summed E-state index contributed by atoms with van der Waals surface area (Å²) in [5, 5.41) is 7.80. The number of hydrogen-bond donors (Lipinski definition) is 1. The van der Waals surface area contributed by atoms with Crippen LogP contribution in [0, 0.1) is 0 Å². The molecule has 0 aromatic rings. The second-order valence-corrected chi connectivity index (χ2v) is 1.86. The highest BCUT2D eigenvalue weighted by Gasteiger charge is 2.61. The molecule has 0 saturated heterocycles. The van der Waals surface area contributed by atoms with Gasteiger partial charge in [0.25, 0.3) is 0 Å². The molecule has 0 aromatic carbocycles. The average molecular weight is 190 g/mol. The van der Waals surface area contributed by atoms with E-state index in [1.807, 2.05) is 0 Å². The Bertz CT molecular complexity index is 216. The zero-order chi connectivity index (χ0) is 10.2. The summed E-state index contributed by atoms with van der Waals surface area (Å²) in [4.78, 5) is 9.71. The van der Waals surface area contributed by atoms with E-state index < -0.39 is 23.6 Å². The molecule has 0 atom stereocenters. The molecule has 7 heteroatoms. The number of rotatable bonds is 2. The van der Waals surface area contributed by atoms with Crippen LogP contribution < -0.4 is 0 Å². The molecule has 70 valence electrons. The zero-order valence-electron chi connectivity index (χ0n) is 5.45. The van der Waals surface area contributed by atoms with E-state index in [9.17, 15) is 26.7 Å². The van der Waals surface area contributed by atoms with Gasteiger partial charge in [-0.3, -0.25) is 0 Å². The van der Waals surface area contributed by atoms with Crippen LogP contribution in [-0.2, 0) is 4.79 Å². The van der Waals surface area contributed by atoms with Gasteiger partial charge in [-0.25, -0.2) is 4.79 Å². The van der Waals surface area contributed by atoms with Crippen molar-refractivity contribution in [3.05, 3.63) is 12.2 Å². The number of carbonyl (C=O) groups is 1. The molecule has 0 radical (unpaired) electrons. The van der Waals surface area contributed by atoms with Gasteiger partial charge in [0.05, 0.1) is 0 Å². The molecule has 0 fully saturated rings. The summed E-state index contributed by atoms with van der Waals surface area (Å²) in [6.45, 7) is 2.12. The van der Waals surface area contributed by atoms with E-state index >= 15 is 0 Å². The van der Waals surface area contributed by atoms with Gasteiger partial charge in [0.15, 0.2) is 0 Å². The molecule has 2 nitrogen and oxygen atoms in total. The first kappa shape index (κ1) is 10.9. The van der Waals surface area contributed by atoms with Crippen LogP contribution in [0.15, 0.2) is 12.2 Å². The Morgan fingerprint density at radius 3 is 1.58 bits per heavy atom. The van der Waals surface area contributed by atoms with Gasteiger partial charge >= 0.3 is 18.1 Å². The maximum Gasteiger partial charge on any atom is 0.458 e. The van der Waals surface area contributed by atoms with Gasteiger partial charge in [-0.2, -0.15) is 22.0 Å². The van der Waals surface area contributed by atoms with Gasteiger partial charge in [-0.15, -0.1) is 0 Å². The van der Waals surface area contributed by atoms with Crippen LogP contribution >= 0.6 is 0 Å². The lowest BCUT2D eigenvalue weighted by Crippen LogP contribution is -2.40. The van der Waals surface area contributed by atoms with Crippen molar-refractivity contribution in [2.45, 2.75) is 12.1 Å². The summed E-state index contributed by atoms with van der Waals surface area (Å²) in [6.07, 6.45) is -5.91. The van der Waals surface area contributed by atoms with Crippen molar-refractivity contribution in [2.24, 2.45) is 0 Å². The van der Waals surface area contributed by atoms with Crippen molar-refractivity contribution >= 4 is 5.97 Å². The highest BCUT2D eigenvalue weighted by Crippen LogP contribution is 2.40. The molecule has 0 aliphatic rings. The van der Waals surface area contributed by atoms with Crippen molar-refractivity contribution in [1.82, 2.24) is 0 Å². The van der Waals surface area contributed by atoms with Crippen LogP contribution in [0.25, 0.3) is 0 Å². The predicted molar refractivity (Wildman–Crippen MR) is 27.8 cm³/mol. The topological polar surface area (TPSA) is 37.3 Å². The van der Waals surface area contributed by atoms with Crippen LogP contribution in [0.3, 0.4) is 0 Å². The third-order valence-corrected chi connectivity index (χ3v) is 0.993. The Morgan fingerprint density at radius 1 is 1.17 bits per heavy atom. The molecule has 0 rings (SSSR count). The smallest absolute Gasteiger partial charge is 0.458 e. The van der Waals surface area contributed by atoms with Crippen molar-refractivity contribution in [1.29, 1.82) is 0 Å². The molecule has 0 saturated carbocycles. The Morgan fingerprint density at radius 2 is 1.50 bits per heavy atom. The lowest BCUT2D eigenvalue weighted by atomic mass is 10.1. The Labute approximate surface area is 63.3 Å². The summed E-state index contributed by atoms with van der Waals surface area (Å²) < 4.78 is 58.0. The first-order chi connectivity index (χ1) is 5.10. The summed E-state index contributed by atoms with van der Waals surface area (Å²) in [5.41, 5.74) is -2.19. The lowest BCUT2D eigenvalue weighted by Gasteiger charge is -2.18. The van der Waals surface area contributed by atoms with Crippen molar-refractivity contribution in [3.63, 3.8) is 0 Å². The first-order valence-corrected chi connectivity index (χ1v) is 2.48. The van der Waals surface area contributed by atoms with Gasteiger partial charge in [-0.05, 0) is 0 Å². The van der Waals surface area contributed by atoms with Crippen molar-refractivity contribution < 1.29 is 31.9 Å². The highest BCUT2D eigenvalue weighted by atomic mass is 19.4. The quantitative estimate of drug-likeness (QED) is 0.532.